The summed E-state index contributed by atoms with van der Waals surface area (Å²) >= 11 is 2.26. The van der Waals surface area contributed by atoms with E-state index in [2.05, 4.69) is 15.5 Å². The Kier molecular flexibility index (Phi) is 10.9. The molecule has 3 amide bonds. The van der Waals surface area contributed by atoms with Crippen molar-refractivity contribution in [3.05, 3.63) is 172 Å². The lowest BCUT2D eigenvalue weighted by Crippen LogP contribution is -2.71. The van der Waals surface area contributed by atoms with Crippen LogP contribution in [-0.2, 0) is 39.6 Å². The Labute approximate surface area is 353 Å². The second-order valence-electron chi connectivity index (χ2n) is 14.0. The third-order valence-electron chi connectivity index (χ3n) is 10.3. The van der Waals surface area contributed by atoms with Crippen molar-refractivity contribution in [1.82, 2.24) is 19.5 Å². The molecule has 3 aliphatic heterocycles. The second-order valence-corrected chi connectivity index (χ2v) is 17.9. The van der Waals surface area contributed by atoms with E-state index in [9.17, 15) is 32.7 Å². The van der Waals surface area contributed by atoms with Crippen LogP contribution in [0.15, 0.2) is 154 Å². The summed E-state index contributed by atoms with van der Waals surface area (Å²) in [5.74, 6) is -3.67. The van der Waals surface area contributed by atoms with E-state index in [0.29, 0.717) is 16.7 Å². The number of oxime groups is 1. The second kappa shape index (κ2) is 16.2. The molecule has 8 rings (SSSR count). The van der Waals surface area contributed by atoms with Gasteiger partial charge in [-0.25, -0.2) is 22.5 Å². The number of amides is 3. The number of thiazole rings is 1. The first-order valence-corrected chi connectivity index (χ1v) is 22.0. The van der Waals surface area contributed by atoms with Crippen molar-refractivity contribution in [2.45, 2.75) is 35.3 Å². The van der Waals surface area contributed by atoms with Crippen molar-refractivity contribution in [1.29, 1.82) is 0 Å². The number of benzene rings is 4. The number of allylic oxidation sites excluding steroid dienone is 1. The zero-order valence-corrected chi connectivity index (χ0v) is 34.2. The molecule has 17 heteroatoms. The smallest absolute Gasteiger partial charge is 0.352 e. The Morgan fingerprint density at radius 2 is 1.52 bits per heavy atom. The first-order valence-electron chi connectivity index (χ1n) is 18.6. The normalized spacial score (nSPS) is 18.9. The molecule has 2 saturated heterocycles. The van der Waals surface area contributed by atoms with Crippen LogP contribution in [0.25, 0.3) is 0 Å². The van der Waals surface area contributed by atoms with Gasteiger partial charge < -0.3 is 21.0 Å². The average Bonchev–Trinajstić information content (AvgIpc) is 3.86. The summed E-state index contributed by atoms with van der Waals surface area (Å²) in [4.78, 5) is 66.1. The Bertz CT molecular complexity index is 2610. The van der Waals surface area contributed by atoms with Gasteiger partial charge in [0.05, 0.1) is 4.90 Å². The van der Waals surface area contributed by atoms with Gasteiger partial charge in [0.2, 0.25) is 5.60 Å². The molecule has 4 aromatic carbocycles. The molecule has 3 aliphatic rings. The predicted octanol–water partition coefficient (Wildman–Crippen LogP) is 5.03. The quantitative estimate of drug-likeness (QED) is 0.0500. The molecule has 2 fully saturated rings. The van der Waals surface area contributed by atoms with Gasteiger partial charge >= 0.3 is 5.97 Å². The molecule has 4 N–H and O–H groups in total. The van der Waals surface area contributed by atoms with E-state index in [1.54, 1.807) is 17.5 Å². The molecule has 14 nitrogen and oxygen atoms in total. The number of nitrogens with two attached hydrogens (primary N) is 1. The van der Waals surface area contributed by atoms with Gasteiger partial charge in [0.15, 0.2) is 10.8 Å². The lowest BCUT2D eigenvalue weighted by Gasteiger charge is -2.49. The number of aryl methyl sites for hydroxylation is 1. The number of nitrogens with one attached hydrogen (secondary N) is 1. The molecule has 60 heavy (non-hydrogen) atoms. The highest BCUT2D eigenvalue weighted by molar-refractivity contribution is 8.00. The number of rotatable bonds is 12. The minimum absolute atomic E-state index is 0.0376. The van der Waals surface area contributed by atoms with E-state index < -0.39 is 50.7 Å². The number of carbonyl (C=O) groups is 4. The minimum Gasteiger partial charge on any atom is -0.477 e. The summed E-state index contributed by atoms with van der Waals surface area (Å²) in [7, 11) is -4.15. The topological polar surface area (TPSA) is 202 Å². The fraction of sp³-hybridized carbons (Fsp3) is 0.163. The van der Waals surface area contributed by atoms with Crippen molar-refractivity contribution in [3.63, 3.8) is 0 Å². The molecule has 0 unspecified atom stereocenters. The molecular formula is C43H36N6O8S3. The average molecular weight is 861 g/mol. The molecule has 0 bridgehead atoms. The molecule has 2 atom stereocenters. The van der Waals surface area contributed by atoms with Crippen LogP contribution in [-0.4, -0.2) is 80.8 Å². The summed E-state index contributed by atoms with van der Waals surface area (Å²) in [5, 5.41) is 18.4. The number of sulfonamides is 1. The monoisotopic (exact) mass is 860 g/mol. The number of hydrogen-bond donors (Lipinski definition) is 3. The van der Waals surface area contributed by atoms with Gasteiger partial charge in [0.25, 0.3) is 27.7 Å². The molecule has 304 valence electrons. The Morgan fingerprint density at radius 1 is 0.933 bits per heavy atom. The number of carbonyl (C=O) groups excluding carboxylic acids is 3. The van der Waals surface area contributed by atoms with E-state index in [4.69, 9.17) is 10.6 Å². The number of aliphatic carboxylic acids is 1. The third kappa shape index (κ3) is 7.24. The zero-order chi connectivity index (χ0) is 42.2. The maximum Gasteiger partial charge on any atom is 0.352 e. The van der Waals surface area contributed by atoms with Crippen LogP contribution >= 0.6 is 23.1 Å². The molecule has 0 aliphatic carbocycles. The predicted molar refractivity (Wildman–Crippen MR) is 226 cm³/mol. The van der Waals surface area contributed by atoms with Crippen molar-refractivity contribution < 1.29 is 37.5 Å². The van der Waals surface area contributed by atoms with Crippen molar-refractivity contribution in [3.8, 4) is 0 Å². The Balaban J connectivity index is 1.08. The van der Waals surface area contributed by atoms with Gasteiger partial charge in [-0.2, -0.15) is 0 Å². The van der Waals surface area contributed by atoms with Crippen molar-refractivity contribution >= 4 is 67.7 Å². The first kappa shape index (κ1) is 40.2. The van der Waals surface area contributed by atoms with E-state index >= 15 is 0 Å². The largest absolute Gasteiger partial charge is 0.477 e. The molecule has 0 saturated carbocycles. The Hall–Kier alpha value is -6.56. The standard InChI is InChI=1S/C43H36N6O8S3/c1-26-17-19-32(20-18-26)60(55,56)48-22-21-27(38(48)51)23-28-24-58-40-35(39(52)49(40)36(28)41(53)54)46-37(50)34(33-25-59-42(44)45-33)47-57-43(29-11-5-2-6-12-29,30-13-7-3-8-14-30)31-15-9-4-10-16-31/h2-20,23,25,35,40H,21-22,24H2,1H3,(H2,44,45)(H,46,50)(H,53,54)/t35-,40-/m1/s1. The fourth-order valence-corrected chi connectivity index (χ4v) is 10.6. The summed E-state index contributed by atoms with van der Waals surface area (Å²) in [6, 6.07) is 33.1. The maximum atomic E-state index is 14.3. The van der Waals surface area contributed by atoms with E-state index in [-0.39, 0.29) is 57.0 Å². The molecule has 0 spiro atoms. The molecule has 5 aromatic rings. The third-order valence-corrected chi connectivity index (χ3v) is 14.1. The van der Waals surface area contributed by atoms with Crippen LogP contribution in [0.5, 0.6) is 0 Å². The van der Waals surface area contributed by atoms with Gasteiger partial charge in [0, 0.05) is 39.9 Å². The fourth-order valence-electron chi connectivity index (χ4n) is 7.36. The molecule has 4 heterocycles. The summed E-state index contributed by atoms with van der Waals surface area (Å²) in [5.41, 5.74) is 7.35. The van der Waals surface area contributed by atoms with Gasteiger partial charge in [-0.05, 0) is 37.1 Å². The Morgan fingerprint density at radius 3 is 2.05 bits per heavy atom. The van der Waals surface area contributed by atoms with Crippen LogP contribution in [0.1, 0.15) is 34.4 Å². The number of β-lactam (4-membered cyclic amide) rings is 1. The molecular weight excluding hydrogens is 825 g/mol. The van der Waals surface area contributed by atoms with Crippen molar-refractivity contribution in [2.75, 3.05) is 18.0 Å². The highest BCUT2D eigenvalue weighted by atomic mass is 32.2. The number of thioether (sulfide) groups is 1. The maximum absolute atomic E-state index is 14.3. The number of anilines is 1. The van der Waals surface area contributed by atoms with Gasteiger partial charge in [0.1, 0.15) is 22.8 Å². The number of nitrogens with zero attached hydrogens (tertiary/aromatic N) is 4. The van der Waals surface area contributed by atoms with Crippen LogP contribution < -0.4 is 11.1 Å². The van der Waals surface area contributed by atoms with Crippen molar-refractivity contribution in [2.24, 2.45) is 5.16 Å². The lowest BCUT2D eigenvalue weighted by atomic mass is 9.80. The van der Waals surface area contributed by atoms with Crippen LogP contribution in [0.2, 0.25) is 0 Å². The minimum atomic E-state index is -4.15. The summed E-state index contributed by atoms with van der Waals surface area (Å²) in [6.45, 7) is 1.69. The number of carboxylic acid groups (broad SMARTS) is 1. The number of nitrogen functional groups attached to an aromatic ring is 1. The first-order chi connectivity index (χ1) is 28.9. The highest BCUT2D eigenvalue weighted by Crippen LogP contribution is 2.43. The van der Waals surface area contributed by atoms with Crippen LogP contribution in [0.3, 0.4) is 0 Å². The number of carboxylic acids is 1. The molecule has 0 radical (unpaired) electrons. The van der Waals surface area contributed by atoms with E-state index in [0.717, 1.165) is 26.1 Å². The van der Waals surface area contributed by atoms with Gasteiger partial charge in [-0.1, -0.05) is 114 Å². The number of hydrogen-bond acceptors (Lipinski definition) is 12. The molecule has 1 aromatic heterocycles. The summed E-state index contributed by atoms with van der Waals surface area (Å²) in [6.07, 6.45) is 1.40. The number of aromatic nitrogens is 1. The van der Waals surface area contributed by atoms with Crippen LogP contribution in [0.4, 0.5) is 5.13 Å². The summed E-state index contributed by atoms with van der Waals surface area (Å²) < 4.78 is 27.4. The van der Waals surface area contributed by atoms with Gasteiger partial charge in [-0.15, -0.1) is 23.1 Å². The zero-order valence-electron chi connectivity index (χ0n) is 31.8. The SMILES string of the molecule is Cc1ccc(S(=O)(=O)N2CCC(=CC3=C(C(=O)O)N4C(=O)[C@@H](NC(=O)C(=NOC(c5ccccc5)(c5ccccc5)c5ccccc5)c5csc(N)n5)[C@H]4SC3)C2=O)cc1. The highest BCUT2D eigenvalue weighted by Gasteiger charge is 2.54. The number of fused-ring (bicyclic) bond motifs is 1. The van der Waals surface area contributed by atoms with Crippen LogP contribution in [0, 0.1) is 6.92 Å². The van der Waals surface area contributed by atoms with E-state index in [1.807, 2.05) is 97.9 Å². The van der Waals surface area contributed by atoms with E-state index in [1.165, 1.54) is 30.0 Å². The lowest BCUT2D eigenvalue weighted by molar-refractivity contribution is -0.150. The van der Waals surface area contributed by atoms with Gasteiger partial charge in [-0.3, -0.25) is 19.3 Å².